The number of hydrogen-bond acceptors (Lipinski definition) is 5. The number of rotatable bonds is 5. The second-order valence-electron chi connectivity index (χ2n) is 5.17. The van der Waals surface area contributed by atoms with Crippen LogP contribution < -0.4 is 11.2 Å². The molecule has 7 nitrogen and oxygen atoms in total. The molecule has 126 valence electrons. The van der Waals surface area contributed by atoms with Crippen molar-refractivity contribution in [2.24, 2.45) is 7.05 Å². The maximum Gasteiger partial charge on any atom is 0.329 e. The predicted octanol–water partition coefficient (Wildman–Crippen LogP) is 1.32. The van der Waals surface area contributed by atoms with Crippen molar-refractivity contribution in [3.63, 3.8) is 0 Å². The standard InChI is InChI=1S/C15H15BrN4O3S/c1-19-12-11(13(22)18-14(19)23)20(15(17-12)24-6-5-21)8-9-3-2-4-10(16)7-9/h2-4,7,21H,5-6,8H2,1H3,(H,18,22,23). The largest absolute Gasteiger partial charge is 0.396 e. The van der Waals surface area contributed by atoms with Gasteiger partial charge in [-0.3, -0.25) is 14.3 Å². The number of aromatic amines is 1. The summed E-state index contributed by atoms with van der Waals surface area (Å²) in [5.74, 6) is 0.452. The number of halogens is 1. The molecule has 1 aromatic carbocycles. The van der Waals surface area contributed by atoms with E-state index in [-0.39, 0.29) is 6.61 Å². The molecular weight excluding hydrogens is 396 g/mol. The van der Waals surface area contributed by atoms with Crippen LogP contribution in [0.1, 0.15) is 5.56 Å². The van der Waals surface area contributed by atoms with Crippen molar-refractivity contribution < 1.29 is 5.11 Å². The molecule has 0 saturated carbocycles. The lowest BCUT2D eigenvalue weighted by atomic mass is 10.2. The lowest BCUT2D eigenvalue weighted by Crippen LogP contribution is -2.29. The Morgan fingerprint density at radius 1 is 1.38 bits per heavy atom. The van der Waals surface area contributed by atoms with E-state index in [2.05, 4.69) is 25.9 Å². The number of hydrogen-bond donors (Lipinski definition) is 2. The third-order valence-corrected chi connectivity index (χ3v) is 4.97. The minimum atomic E-state index is -0.502. The van der Waals surface area contributed by atoms with Gasteiger partial charge in [0.2, 0.25) is 0 Å². The SMILES string of the molecule is Cn1c(=O)[nH]c(=O)c2c1nc(SCCO)n2Cc1cccc(Br)c1. The lowest BCUT2D eigenvalue weighted by molar-refractivity contribution is 0.322. The molecule has 0 aliphatic carbocycles. The van der Waals surface area contributed by atoms with Gasteiger partial charge in [0.05, 0.1) is 13.2 Å². The van der Waals surface area contributed by atoms with Gasteiger partial charge in [-0.1, -0.05) is 39.8 Å². The van der Waals surface area contributed by atoms with Crippen molar-refractivity contribution in [2.75, 3.05) is 12.4 Å². The fraction of sp³-hybridized carbons (Fsp3) is 0.267. The van der Waals surface area contributed by atoms with Crippen LogP contribution in [0, 0.1) is 0 Å². The first kappa shape index (κ1) is 17.0. The highest BCUT2D eigenvalue weighted by Gasteiger charge is 2.17. The van der Waals surface area contributed by atoms with Crippen molar-refractivity contribution in [1.29, 1.82) is 0 Å². The van der Waals surface area contributed by atoms with Crippen LogP contribution in [-0.2, 0) is 13.6 Å². The van der Waals surface area contributed by atoms with E-state index in [1.165, 1.54) is 16.3 Å². The number of imidazole rings is 1. The molecule has 2 aromatic heterocycles. The molecule has 0 radical (unpaired) electrons. The van der Waals surface area contributed by atoms with E-state index in [9.17, 15) is 9.59 Å². The average molecular weight is 411 g/mol. The van der Waals surface area contributed by atoms with E-state index in [0.717, 1.165) is 10.0 Å². The number of aryl methyl sites for hydroxylation is 1. The topological polar surface area (TPSA) is 92.9 Å². The molecule has 0 amide bonds. The van der Waals surface area contributed by atoms with Gasteiger partial charge in [0, 0.05) is 17.3 Å². The van der Waals surface area contributed by atoms with Crippen molar-refractivity contribution in [3.05, 3.63) is 55.1 Å². The summed E-state index contributed by atoms with van der Waals surface area (Å²) in [5, 5.41) is 9.67. The fourth-order valence-corrected chi connectivity index (χ4v) is 3.61. The van der Waals surface area contributed by atoms with Gasteiger partial charge in [0.1, 0.15) is 0 Å². The second kappa shape index (κ2) is 6.96. The summed E-state index contributed by atoms with van der Waals surface area (Å²) in [7, 11) is 1.57. The summed E-state index contributed by atoms with van der Waals surface area (Å²) in [5.41, 5.74) is 0.698. The summed E-state index contributed by atoms with van der Waals surface area (Å²) in [6.07, 6.45) is 0. The molecule has 9 heteroatoms. The van der Waals surface area contributed by atoms with Crippen molar-refractivity contribution in [1.82, 2.24) is 19.1 Å². The number of thioether (sulfide) groups is 1. The highest BCUT2D eigenvalue weighted by molar-refractivity contribution is 9.10. The molecular formula is C15H15BrN4O3S. The third kappa shape index (κ3) is 3.19. The van der Waals surface area contributed by atoms with E-state index in [4.69, 9.17) is 5.11 Å². The Kier molecular flexibility index (Phi) is 4.93. The van der Waals surface area contributed by atoms with E-state index >= 15 is 0 Å². The smallest absolute Gasteiger partial charge is 0.329 e. The summed E-state index contributed by atoms with van der Waals surface area (Å²) in [4.78, 5) is 30.9. The van der Waals surface area contributed by atoms with Gasteiger partial charge in [-0.25, -0.2) is 9.78 Å². The Bertz CT molecular complexity index is 1010. The Balaban J connectivity index is 2.21. The van der Waals surface area contributed by atoms with E-state index in [1.54, 1.807) is 11.6 Å². The lowest BCUT2D eigenvalue weighted by Gasteiger charge is -2.08. The van der Waals surface area contributed by atoms with Crippen LogP contribution in [0.15, 0.2) is 43.5 Å². The Labute approximate surface area is 149 Å². The summed E-state index contributed by atoms with van der Waals surface area (Å²) in [6, 6.07) is 7.75. The number of H-pyrrole nitrogens is 1. The molecule has 3 aromatic rings. The average Bonchev–Trinajstić information content (AvgIpc) is 2.90. The van der Waals surface area contributed by atoms with Gasteiger partial charge in [-0.05, 0) is 17.7 Å². The van der Waals surface area contributed by atoms with Crippen LogP contribution in [-0.4, -0.2) is 36.6 Å². The molecule has 0 aliphatic heterocycles. The quantitative estimate of drug-likeness (QED) is 0.618. The molecule has 0 aliphatic rings. The van der Waals surface area contributed by atoms with Crippen LogP contribution in [0.25, 0.3) is 11.2 Å². The van der Waals surface area contributed by atoms with Crippen LogP contribution in [0.4, 0.5) is 0 Å². The molecule has 2 N–H and O–H groups in total. The van der Waals surface area contributed by atoms with Gasteiger partial charge >= 0.3 is 5.69 Å². The predicted molar refractivity (Wildman–Crippen MR) is 96.6 cm³/mol. The molecule has 24 heavy (non-hydrogen) atoms. The molecule has 0 spiro atoms. The van der Waals surface area contributed by atoms with Crippen LogP contribution in [0.3, 0.4) is 0 Å². The molecule has 0 unspecified atom stereocenters. The molecule has 0 saturated heterocycles. The van der Waals surface area contributed by atoms with Crippen molar-refractivity contribution in [2.45, 2.75) is 11.7 Å². The summed E-state index contributed by atoms with van der Waals surface area (Å²) < 4.78 is 4.03. The minimum absolute atomic E-state index is 0.0000444. The van der Waals surface area contributed by atoms with Crippen molar-refractivity contribution in [3.8, 4) is 0 Å². The fourth-order valence-electron chi connectivity index (χ4n) is 2.43. The molecule has 0 fully saturated rings. The number of nitrogens with zero attached hydrogens (tertiary/aromatic N) is 3. The first-order valence-electron chi connectivity index (χ1n) is 7.19. The number of nitrogens with one attached hydrogen (secondary N) is 1. The number of fused-ring (bicyclic) bond motifs is 1. The van der Waals surface area contributed by atoms with Gasteiger partial charge < -0.3 is 9.67 Å². The Morgan fingerprint density at radius 2 is 2.17 bits per heavy atom. The molecule has 0 atom stereocenters. The minimum Gasteiger partial charge on any atom is -0.396 e. The normalized spacial score (nSPS) is 11.3. The molecule has 3 rings (SSSR count). The second-order valence-corrected chi connectivity index (χ2v) is 7.15. The van der Waals surface area contributed by atoms with Gasteiger partial charge in [-0.2, -0.15) is 0 Å². The van der Waals surface area contributed by atoms with Gasteiger partial charge in [-0.15, -0.1) is 0 Å². The molecule has 0 bridgehead atoms. The highest BCUT2D eigenvalue weighted by atomic mass is 79.9. The van der Waals surface area contributed by atoms with Crippen LogP contribution in [0.2, 0.25) is 0 Å². The number of aromatic nitrogens is 4. The van der Waals surface area contributed by atoms with Gasteiger partial charge in [0.15, 0.2) is 16.3 Å². The van der Waals surface area contributed by atoms with Crippen LogP contribution in [0.5, 0.6) is 0 Å². The Morgan fingerprint density at radius 3 is 2.88 bits per heavy atom. The zero-order valence-electron chi connectivity index (χ0n) is 12.8. The zero-order chi connectivity index (χ0) is 17.3. The highest BCUT2D eigenvalue weighted by Crippen LogP contribution is 2.23. The van der Waals surface area contributed by atoms with Crippen LogP contribution >= 0.6 is 27.7 Å². The first-order chi connectivity index (χ1) is 11.5. The Hall–Kier alpha value is -1.84. The maximum absolute atomic E-state index is 12.3. The van der Waals surface area contributed by atoms with E-state index < -0.39 is 11.2 Å². The number of benzene rings is 1. The summed E-state index contributed by atoms with van der Waals surface area (Å²) >= 11 is 4.78. The van der Waals surface area contributed by atoms with E-state index in [1.807, 2.05) is 24.3 Å². The third-order valence-electron chi connectivity index (χ3n) is 3.52. The van der Waals surface area contributed by atoms with E-state index in [0.29, 0.717) is 28.6 Å². The zero-order valence-corrected chi connectivity index (χ0v) is 15.2. The number of aliphatic hydroxyl groups excluding tert-OH is 1. The molecule has 2 heterocycles. The monoisotopic (exact) mass is 410 g/mol. The van der Waals surface area contributed by atoms with Crippen molar-refractivity contribution >= 4 is 38.9 Å². The maximum atomic E-state index is 12.3. The van der Waals surface area contributed by atoms with Gasteiger partial charge in [0.25, 0.3) is 5.56 Å². The summed E-state index contributed by atoms with van der Waals surface area (Å²) in [6.45, 7) is 0.436. The number of aliphatic hydroxyl groups is 1. The first-order valence-corrected chi connectivity index (χ1v) is 8.96.